The van der Waals surface area contributed by atoms with Gasteiger partial charge in [0.05, 0.1) is 16.9 Å². The Bertz CT molecular complexity index is 1990. The maximum atomic E-state index is 5.01. The van der Waals surface area contributed by atoms with Crippen LogP contribution in [0.1, 0.15) is 0 Å². The van der Waals surface area contributed by atoms with Gasteiger partial charge in [0.2, 0.25) is 0 Å². The first-order valence-corrected chi connectivity index (χ1v) is 14.0. The molecular weight excluding hydrogens is 570 g/mol. The van der Waals surface area contributed by atoms with Crippen molar-refractivity contribution in [3.63, 3.8) is 0 Å². The molecule has 0 aliphatic rings. The van der Waals surface area contributed by atoms with Crippen molar-refractivity contribution in [1.82, 2.24) is 24.9 Å². The number of benzene rings is 3. The number of hydrogen-bond donors (Lipinski definition) is 0. The average Bonchev–Trinajstić information content (AvgIpc) is 3.05. The van der Waals surface area contributed by atoms with Gasteiger partial charge in [-0.1, -0.05) is 64.5 Å². The highest BCUT2D eigenvalue weighted by atomic mass is 79.9. The number of halogens is 1. The van der Waals surface area contributed by atoms with E-state index in [9.17, 15) is 0 Å². The smallest absolute Gasteiger partial charge is 0.161 e. The van der Waals surface area contributed by atoms with Crippen LogP contribution in [0.15, 0.2) is 139 Å². The predicted molar refractivity (Wildman–Crippen MR) is 168 cm³/mol. The molecule has 0 aliphatic heterocycles. The average molecular weight is 593 g/mol. The first kappa shape index (κ1) is 24.9. The van der Waals surface area contributed by atoms with Crippen LogP contribution in [-0.4, -0.2) is 24.9 Å². The second-order valence-corrected chi connectivity index (χ2v) is 10.5. The van der Waals surface area contributed by atoms with Crippen molar-refractivity contribution in [2.24, 2.45) is 0 Å². The highest BCUT2D eigenvalue weighted by Gasteiger charge is 2.14. The van der Waals surface area contributed by atoms with E-state index in [1.807, 2.05) is 48.8 Å². The van der Waals surface area contributed by atoms with Crippen molar-refractivity contribution in [2.45, 2.75) is 0 Å². The molecule has 6 heteroatoms. The first-order valence-electron chi connectivity index (χ1n) is 13.2. The van der Waals surface area contributed by atoms with E-state index < -0.39 is 0 Å². The number of rotatable bonds is 5. The van der Waals surface area contributed by atoms with E-state index in [-0.39, 0.29) is 0 Å². The summed E-state index contributed by atoms with van der Waals surface area (Å²) in [6.07, 6.45) is 9.03. The standard InChI is InChI=1S/C35H22BrN5/c36-29-18-27(30-7-1-9-32-31(30)8-4-16-39-32)17-28(19-29)34-20-33(40-35(41-34)26-6-3-15-38-22-26)24-12-10-23(11-13-24)25-5-2-14-37-21-25/h1-22H. The third kappa shape index (κ3) is 5.13. The lowest BCUT2D eigenvalue weighted by molar-refractivity contribution is 1.17. The Morgan fingerprint density at radius 3 is 1.93 bits per heavy atom. The summed E-state index contributed by atoms with van der Waals surface area (Å²) in [5.74, 6) is 0.623. The molecule has 0 aliphatic carbocycles. The number of hydrogen-bond acceptors (Lipinski definition) is 5. The fourth-order valence-electron chi connectivity index (χ4n) is 4.98. The maximum absolute atomic E-state index is 5.01. The molecule has 3 aromatic carbocycles. The van der Waals surface area contributed by atoms with Crippen molar-refractivity contribution in [3.05, 3.63) is 139 Å². The summed E-state index contributed by atoms with van der Waals surface area (Å²) in [5, 5.41) is 1.10. The lowest BCUT2D eigenvalue weighted by atomic mass is 9.97. The van der Waals surface area contributed by atoms with Crippen LogP contribution in [0.25, 0.3) is 67.1 Å². The fourth-order valence-corrected chi connectivity index (χ4v) is 5.48. The minimum Gasteiger partial charge on any atom is -0.264 e. The van der Waals surface area contributed by atoms with Gasteiger partial charge in [-0.2, -0.15) is 0 Å². The highest BCUT2D eigenvalue weighted by molar-refractivity contribution is 9.10. The lowest BCUT2D eigenvalue weighted by Gasteiger charge is -2.12. The summed E-state index contributed by atoms with van der Waals surface area (Å²) in [6, 6.07) is 35.0. The van der Waals surface area contributed by atoms with Crippen LogP contribution in [-0.2, 0) is 0 Å². The Labute approximate surface area is 245 Å². The summed E-state index contributed by atoms with van der Waals surface area (Å²) >= 11 is 3.75. The van der Waals surface area contributed by atoms with Gasteiger partial charge in [-0.25, -0.2) is 9.97 Å². The molecule has 5 nitrogen and oxygen atoms in total. The van der Waals surface area contributed by atoms with Gasteiger partial charge in [0, 0.05) is 57.5 Å². The molecule has 7 rings (SSSR count). The third-order valence-corrected chi connectivity index (χ3v) is 7.43. The molecule has 0 saturated carbocycles. The summed E-state index contributed by atoms with van der Waals surface area (Å²) in [4.78, 5) is 23.1. The van der Waals surface area contributed by atoms with Gasteiger partial charge >= 0.3 is 0 Å². The zero-order chi connectivity index (χ0) is 27.6. The van der Waals surface area contributed by atoms with Gasteiger partial charge < -0.3 is 0 Å². The predicted octanol–water partition coefficient (Wildman–Crippen LogP) is 8.91. The molecular formula is C35H22BrN5. The van der Waals surface area contributed by atoms with Crippen molar-refractivity contribution < 1.29 is 0 Å². The first-order chi connectivity index (χ1) is 20.2. The van der Waals surface area contributed by atoms with Gasteiger partial charge in [-0.15, -0.1) is 0 Å². The second-order valence-electron chi connectivity index (χ2n) is 9.63. The largest absolute Gasteiger partial charge is 0.264 e. The van der Waals surface area contributed by atoms with Crippen LogP contribution >= 0.6 is 15.9 Å². The minimum atomic E-state index is 0.623. The summed E-state index contributed by atoms with van der Waals surface area (Å²) < 4.78 is 0.967. The fraction of sp³-hybridized carbons (Fsp3) is 0. The molecule has 194 valence electrons. The molecule has 41 heavy (non-hydrogen) atoms. The number of pyridine rings is 3. The van der Waals surface area contributed by atoms with E-state index in [2.05, 4.69) is 97.6 Å². The molecule has 0 fully saturated rings. The number of aromatic nitrogens is 5. The van der Waals surface area contributed by atoms with Gasteiger partial charge in [-0.3, -0.25) is 15.0 Å². The number of nitrogens with zero attached hydrogens (tertiary/aromatic N) is 5. The molecule has 4 heterocycles. The zero-order valence-electron chi connectivity index (χ0n) is 21.8. The van der Waals surface area contributed by atoms with Crippen molar-refractivity contribution in [2.75, 3.05) is 0 Å². The summed E-state index contributed by atoms with van der Waals surface area (Å²) in [5.41, 5.74) is 9.84. The van der Waals surface area contributed by atoms with E-state index in [1.54, 1.807) is 18.6 Å². The van der Waals surface area contributed by atoms with Crippen molar-refractivity contribution >= 4 is 26.8 Å². The van der Waals surface area contributed by atoms with Gasteiger partial charge in [0.25, 0.3) is 0 Å². The third-order valence-electron chi connectivity index (χ3n) is 6.97. The molecule has 0 bridgehead atoms. The SMILES string of the molecule is Brc1cc(-c2cc(-c3ccc(-c4cccnc4)cc3)nc(-c3cccnc3)n2)cc(-c2cccc3ncccc23)c1. The van der Waals surface area contributed by atoms with Gasteiger partial charge in [-0.05, 0) is 76.9 Å². The summed E-state index contributed by atoms with van der Waals surface area (Å²) in [7, 11) is 0. The normalized spacial score (nSPS) is 11.0. The van der Waals surface area contributed by atoms with E-state index in [0.29, 0.717) is 5.82 Å². The molecule has 7 aromatic rings. The molecule has 0 atom stereocenters. The van der Waals surface area contributed by atoms with Gasteiger partial charge in [0.15, 0.2) is 5.82 Å². The molecule has 0 radical (unpaired) electrons. The Morgan fingerprint density at radius 1 is 0.488 bits per heavy atom. The Hall–Kier alpha value is -5.07. The van der Waals surface area contributed by atoms with Crippen LogP contribution in [0.4, 0.5) is 0 Å². The van der Waals surface area contributed by atoms with Crippen LogP contribution in [0.2, 0.25) is 0 Å². The quantitative estimate of drug-likeness (QED) is 0.200. The Kier molecular flexibility index (Phi) is 6.59. The Balaban J connectivity index is 1.37. The van der Waals surface area contributed by atoms with Crippen molar-refractivity contribution in [1.29, 1.82) is 0 Å². The van der Waals surface area contributed by atoms with Gasteiger partial charge in [0.1, 0.15) is 0 Å². The van der Waals surface area contributed by atoms with E-state index >= 15 is 0 Å². The van der Waals surface area contributed by atoms with Crippen molar-refractivity contribution in [3.8, 4) is 56.2 Å². The zero-order valence-corrected chi connectivity index (χ0v) is 23.4. The topological polar surface area (TPSA) is 64.5 Å². The van der Waals surface area contributed by atoms with Crippen LogP contribution in [0.5, 0.6) is 0 Å². The van der Waals surface area contributed by atoms with E-state index in [0.717, 1.165) is 65.7 Å². The highest BCUT2D eigenvalue weighted by Crippen LogP contribution is 2.35. The van der Waals surface area contributed by atoms with Crippen LogP contribution < -0.4 is 0 Å². The molecule has 0 N–H and O–H groups in total. The van der Waals surface area contributed by atoms with Crippen LogP contribution in [0, 0.1) is 0 Å². The number of fused-ring (bicyclic) bond motifs is 1. The van der Waals surface area contributed by atoms with Crippen LogP contribution in [0.3, 0.4) is 0 Å². The Morgan fingerprint density at radius 2 is 1.17 bits per heavy atom. The summed E-state index contributed by atoms with van der Waals surface area (Å²) in [6.45, 7) is 0. The molecule has 4 aromatic heterocycles. The molecule has 0 amide bonds. The monoisotopic (exact) mass is 591 g/mol. The second kappa shape index (κ2) is 10.8. The molecule has 0 unspecified atom stereocenters. The lowest BCUT2D eigenvalue weighted by Crippen LogP contribution is -1.96. The maximum Gasteiger partial charge on any atom is 0.161 e. The van der Waals surface area contributed by atoms with E-state index in [1.165, 1.54) is 0 Å². The minimum absolute atomic E-state index is 0.623. The molecule has 0 spiro atoms. The van der Waals surface area contributed by atoms with E-state index in [4.69, 9.17) is 9.97 Å². The molecule has 0 saturated heterocycles.